The Balaban J connectivity index is 2.28. The van der Waals surface area contributed by atoms with Crippen LogP contribution < -0.4 is 4.74 Å². The Kier molecular flexibility index (Phi) is 4.90. The van der Waals surface area contributed by atoms with Crippen LogP contribution in [0.3, 0.4) is 0 Å². The van der Waals surface area contributed by atoms with Gasteiger partial charge in [0.2, 0.25) is 0 Å². The largest absolute Gasteiger partial charge is 0.455 e. The van der Waals surface area contributed by atoms with E-state index in [2.05, 4.69) is 31.9 Å². The molecule has 2 aromatic rings. The van der Waals surface area contributed by atoms with Crippen molar-refractivity contribution < 1.29 is 9.84 Å². The van der Waals surface area contributed by atoms with Gasteiger partial charge in [-0.05, 0) is 74.7 Å². The van der Waals surface area contributed by atoms with Gasteiger partial charge in [-0.1, -0.05) is 17.7 Å². The van der Waals surface area contributed by atoms with E-state index < -0.39 is 6.10 Å². The lowest BCUT2D eigenvalue weighted by Gasteiger charge is -2.12. The molecular weight excluding hydrogens is 395 g/mol. The highest BCUT2D eigenvalue weighted by atomic mass is 79.9. The fourth-order valence-corrected chi connectivity index (χ4v) is 2.78. The van der Waals surface area contributed by atoms with E-state index in [1.165, 1.54) is 0 Å². The van der Waals surface area contributed by atoms with Crippen LogP contribution in [0.4, 0.5) is 0 Å². The van der Waals surface area contributed by atoms with Gasteiger partial charge in [0.25, 0.3) is 0 Å². The normalized spacial score (nSPS) is 12.3. The Bertz CT molecular complexity index is 600. The summed E-state index contributed by atoms with van der Waals surface area (Å²) in [7, 11) is 0. The first-order valence-electron chi connectivity index (χ1n) is 5.58. The van der Waals surface area contributed by atoms with Crippen LogP contribution in [0.1, 0.15) is 18.6 Å². The van der Waals surface area contributed by atoms with Crippen LogP contribution in [0.2, 0.25) is 5.02 Å². The lowest BCUT2D eigenvalue weighted by molar-refractivity contribution is 0.199. The third-order valence-corrected chi connectivity index (χ3v) is 4.03. The number of aliphatic hydroxyl groups is 1. The summed E-state index contributed by atoms with van der Waals surface area (Å²) < 4.78 is 7.36. The fourth-order valence-electron chi connectivity index (χ4n) is 1.54. The predicted octanol–water partition coefficient (Wildman–Crippen LogP) is 5.71. The van der Waals surface area contributed by atoms with E-state index >= 15 is 0 Å². The van der Waals surface area contributed by atoms with E-state index in [4.69, 9.17) is 16.3 Å². The van der Waals surface area contributed by atoms with Gasteiger partial charge in [0.15, 0.2) is 0 Å². The average molecular weight is 407 g/mol. The van der Waals surface area contributed by atoms with Crippen molar-refractivity contribution in [2.24, 2.45) is 0 Å². The summed E-state index contributed by atoms with van der Waals surface area (Å²) in [5, 5.41) is 10.2. The van der Waals surface area contributed by atoms with Crippen molar-refractivity contribution in [1.29, 1.82) is 0 Å². The maximum Gasteiger partial charge on any atom is 0.141 e. The molecule has 0 spiro atoms. The smallest absolute Gasteiger partial charge is 0.141 e. The second kappa shape index (κ2) is 6.27. The van der Waals surface area contributed by atoms with E-state index in [9.17, 15) is 5.11 Å². The number of halogens is 3. The monoisotopic (exact) mass is 404 g/mol. The quantitative estimate of drug-likeness (QED) is 0.707. The first kappa shape index (κ1) is 14.9. The topological polar surface area (TPSA) is 29.5 Å². The zero-order chi connectivity index (χ0) is 14.0. The van der Waals surface area contributed by atoms with Gasteiger partial charge in [0.05, 0.1) is 15.0 Å². The van der Waals surface area contributed by atoms with Gasteiger partial charge in [-0.2, -0.15) is 0 Å². The SMILES string of the molecule is C[C@@H](O)c1ccc(Oc2ccc(Cl)cc2Br)c(Br)c1. The van der Waals surface area contributed by atoms with Gasteiger partial charge in [-0.3, -0.25) is 0 Å². The summed E-state index contributed by atoms with van der Waals surface area (Å²) in [5.74, 6) is 1.35. The molecule has 0 radical (unpaired) electrons. The standard InChI is InChI=1S/C14H11Br2ClO2/c1-8(18)9-2-4-13(11(15)6-9)19-14-5-3-10(17)7-12(14)16/h2-8,18H,1H3/t8-/m1/s1. The minimum Gasteiger partial charge on any atom is -0.455 e. The predicted molar refractivity (Wildman–Crippen MR) is 84.0 cm³/mol. The number of hydrogen-bond donors (Lipinski definition) is 1. The number of ether oxygens (including phenoxy) is 1. The molecule has 2 aromatic carbocycles. The van der Waals surface area contributed by atoms with Crippen molar-refractivity contribution >= 4 is 43.5 Å². The Hall–Kier alpha value is -0.550. The molecule has 100 valence electrons. The van der Waals surface area contributed by atoms with Crippen LogP contribution in [-0.2, 0) is 0 Å². The lowest BCUT2D eigenvalue weighted by Crippen LogP contribution is -1.92. The summed E-state index contributed by atoms with van der Waals surface area (Å²) >= 11 is 12.7. The summed E-state index contributed by atoms with van der Waals surface area (Å²) in [6.07, 6.45) is -0.507. The first-order valence-corrected chi connectivity index (χ1v) is 7.54. The molecule has 0 saturated heterocycles. The number of benzene rings is 2. The van der Waals surface area contributed by atoms with Crippen LogP contribution in [0.25, 0.3) is 0 Å². The van der Waals surface area contributed by atoms with Gasteiger partial charge in [-0.25, -0.2) is 0 Å². The van der Waals surface area contributed by atoms with Crippen molar-refractivity contribution in [3.8, 4) is 11.5 Å². The molecule has 0 heterocycles. The van der Waals surface area contributed by atoms with E-state index in [1.807, 2.05) is 18.2 Å². The van der Waals surface area contributed by atoms with Gasteiger partial charge in [0, 0.05) is 5.02 Å². The molecule has 0 unspecified atom stereocenters. The highest BCUT2D eigenvalue weighted by Crippen LogP contribution is 2.36. The fraction of sp³-hybridized carbons (Fsp3) is 0.143. The van der Waals surface area contributed by atoms with Gasteiger partial charge in [-0.15, -0.1) is 0 Å². The van der Waals surface area contributed by atoms with Crippen molar-refractivity contribution in [1.82, 2.24) is 0 Å². The zero-order valence-electron chi connectivity index (χ0n) is 10.0. The molecule has 19 heavy (non-hydrogen) atoms. The number of rotatable bonds is 3. The van der Waals surface area contributed by atoms with E-state index in [0.29, 0.717) is 16.5 Å². The minimum atomic E-state index is -0.507. The Morgan fingerprint density at radius 1 is 1.05 bits per heavy atom. The maximum absolute atomic E-state index is 9.52. The van der Waals surface area contributed by atoms with Crippen molar-refractivity contribution in [2.45, 2.75) is 13.0 Å². The van der Waals surface area contributed by atoms with Gasteiger partial charge in [0.1, 0.15) is 11.5 Å². The molecule has 0 amide bonds. The molecule has 0 aromatic heterocycles. The molecule has 0 fully saturated rings. The molecule has 1 atom stereocenters. The van der Waals surface area contributed by atoms with Crippen LogP contribution in [0, 0.1) is 0 Å². The third-order valence-electron chi connectivity index (χ3n) is 2.55. The maximum atomic E-state index is 9.52. The number of hydrogen-bond acceptors (Lipinski definition) is 2. The summed E-state index contributed by atoms with van der Waals surface area (Å²) in [4.78, 5) is 0. The Morgan fingerprint density at radius 3 is 2.16 bits per heavy atom. The summed E-state index contributed by atoms with van der Waals surface area (Å²) in [6.45, 7) is 1.72. The second-order valence-corrected chi connectivity index (χ2v) is 6.19. The Labute approximate surface area is 133 Å². The third kappa shape index (κ3) is 3.72. The molecule has 2 rings (SSSR count). The van der Waals surface area contributed by atoms with Gasteiger partial charge >= 0.3 is 0 Å². The highest BCUT2D eigenvalue weighted by Gasteiger charge is 2.09. The molecule has 1 N–H and O–H groups in total. The van der Waals surface area contributed by atoms with E-state index in [1.54, 1.807) is 25.1 Å². The number of aliphatic hydroxyl groups excluding tert-OH is 1. The van der Waals surface area contributed by atoms with Crippen LogP contribution >= 0.6 is 43.5 Å². The second-order valence-electron chi connectivity index (χ2n) is 4.04. The molecule has 0 aliphatic heterocycles. The van der Waals surface area contributed by atoms with Crippen molar-refractivity contribution in [3.63, 3.8) is 0 Å². The molecule has 5 heteroatoms. The van der Waals surface area contributed by atoms with Crippen molar-refractivity contribution in [2.75, 3.05) is 0 Å². The van der Waals surface area contributed by atoms with Crippen LogP contribution in [-0.4, -0.2) is 5.11 Å². The minimum absolute atomic E-state index is 0.507. The molecular formula is C14H11Br2ClO2. The van der Waals surface area contributed by atoms with Gasteiger partial charge < -0.3 is 9.84 Å². The van der Waals surface area contributed by atoms with E-state index in [0.717, 1.165) is 14.5 Å². The average Bonchev–Trinajstić information content (AvgIpc) is 2.34. The van der Waals surface area contributed by atoms with E-state index in [-0.39, 0.29) is 0 Å². The highest BCUT2D eigenvalue weighted by molar-refractivity contribution is 9.11. The van der Waals surface area contributed by atoms with Crippen LogP contribution in [0.15, 0.2) is 45.3 Å². The molecule has 0 aliphatic rings. The molecule has 0 aliphatic carbocycles. The Morgan fingerprint density at radius 2 is 1.63 bits per heavy atom. The zero-order valence-corrected chi connectivity index (χ0v) is 14.0. The molecule has 2 nitrogen and oxygen atoms in total. The summed E-state index contributed by atoms with van der Waals surface area (Å²) in [5.41, 5.74) is 0.828. The van der Waals surface area contributed by atoms with Crippen LogP contribution in [0.5, 0.6) is 11.5 Å². The lowest BCUT2D eigenvalue weighted by atomic mass is 10.1. The summed E-state index contributed by atoms with van der Waals surface area (Å²) in [6, 6.07) is 10.8. The molecule has 0 bridgehead atoms. The van der Waals surface area contributed by atoms with Crippen molar-refractivity contribution in [3.05, 3.63) is 55.9 Å². The first-order chi connectivity index (χ1) is 8.97. The molecule has 0 saturated carbocycles.